The van der Waals surface area contributed by atoms with E-state index in [9.17, 15) is 10.2 Å². The summed E-state index contributed by atoms with van der Waals surface area (Å²) >= 11 is 0. The van der Waals surface area contributed by atoms with Gasteiger partial charge in [-0.25, -0.2) is 0 Å². The number of nitrogens with zero attached hydrogens (tertiary/aromatic N) is 1. The molecule has 102 valence electrons. The highest BCUT2D eigenvalue weighted by Gasteiger charge is 2.17. The number of aryl methyl sites for hydroxylation is 1. The SMILES string of the molecule is Cc1ccnc2c1CCC/C2=C/c1ccc(O)c(O)c1. The minimum Gasteiger partial charge on any atom is -0.504 e. The van der Waals surface area contributed by atoms with Crippen molar-refractivity contribution >= 4 is 11.6 Å². The first-order valence-corrected chi connectivity index (χ1v) is 6.82. The fourth-order valence-corrected chi connectivity index (χ4v) is 2.73. The van der Waals surface area contributed by atoms with Crippen molar-refractivity contribution in [1.29, 1.82) is 0 Å². The maximum Gasteiger partial charge on any atom is 0.157 e. The second-order valence-corrected chi connectivity index (χ2v) is 5.23. The lowest BCUT2D eigenvalue weighted by molar-refractivity contribution is 0.403. The molecule has 1 aromatic carbocycles. The molecule has 3 rings (SSSR count). The second kappa shape index (κ2) is 5.00. The van der Waals surface area contributed by atoms with Crippen molar-refractivity contribution in [3.63, 3.8) is 0 Å². The van der Waals surface area contributed by atoms with Crippen LogP contribution in [0.25, 0.3) is 11.6 Å². The van der Waals surface area contributed by atoms with Gasteiger partial charge in [0, 0.05) is 6.20 Å². The van der Waals surface area contributed by atoms with Gasteiger partial charge < -0.3 is 10.2 Å². The highest BCUT2D eigenvalue weighted by molar-refractivity contribution is 5.82. The predicted molar refractivity (Wildman–Crippen MR) is 79.6 cm³/mol. The average molecular weight is 267 g/mol. The summed E-state index contributed by atoms with van der Waals surface area (Å²) in [4.78, 5) is 4.52. The largest absolute Gasteiger partial charge is 0.504 e. The number of phenolic OH excluding ortho intramolecular Hbond substituents is 2. The molecule has 1 aromatic heterocycles. The molecule has 0 atom stereocenters. The Hall–Kier alpha value is -2.29. The molecule has 3 heteroatoms. The molecular formula is C17H17NO2. The minimum absolute atomic E-state index is 0.0902. The van der Waals surface area contributed by atoms with E-state index in [0.717, 1.165) is 30.5 Å². The van der Waals surface area contributed by atoms with Crippen LogP contribution in [0.2, 0.25) is 0 Å². The van der Waals surface area contributed by atoms with E-state index < -0.39 is 0 Å². The standard InChI is InChI=1S/C17H17NO2/c1-11-7-8-18-17-13(3-2-4-14(11)17)9-12-5-6-15(19)16(20)10-12/h5-10,19-20H,2-4H2,1H3/b13-9-. The molecule has 1 aliphatic carbocycles. The summed E-state index contributed by atoms with van der Waals surface area (Å²) < 4.78 is 0. The maximum atomic E-state index is 9.57. The zero-order valence-electron chi connectivity index (χ0n) is 11.4. The fraction of sp³-hybridized carbons (Fsp3) is 0.235. The van der Waals surface area contributed by atoms with Crippen molar-refractivity contribution in [3.8, 4) is 11.5 Å². The van der Waals surface area contributed by atoms with E-state index in [1.165, 1.54) is 22.8 Å². The van der Waals surface area contributed by atoms with Crippen molar-refractivity contribution in [2.45, 2.75) is 26.2 Å². The Balaban J connectivity index is 2.05. The summed E-state index contributed by atoms with van der Waals surface area (Å²) in [5, 5.41) is 18.9. The van der Waals surface area contributed by atoms with Gasteiger partial charge in [-0.1, -0.05) is 6.07 Å². The molecule has 1 aliphatic rings. The van der Waals surface area contributed by atoms with Gasteiger partial charge in [-0.3, -0.25) is 4.98 Å². The van der Waals surface area contributed by atoms with E-state index in [0.29, 0.717) is 0 Å². The number of pyridine rings is 1. The summed E-state index contributed by atoms with van der Waals surface area (Å²) in [7, 11) is 0. The summed E-state index contributed by atoms with van der Waals surface area (Å²) in [6.07, 6.45) is 7.08. The first kappa shape index (κ1) is 12.7. The summed E-state index contributed by atoms with van der Waals surface area (Å²) in [5.74, 6) is -0.183. The number of phenols is 2. The predicted octanol–water partition coefficient (Wildman–Crippen LogP) is 3.68. The van der Waals surface area contributed by atoms with E-state index in [4.69, 9.17) is 0 Å². The highest BCUT2D eigenvalue weighted by atomic mass is 16.3. The molecule has 2 N–H and O–H groups in total. The molecule has 2 aromatic rings. The Labute approximate surface area is 118 Å². The van der Waals surface area contributed by atoms with Crippen LogP contribution in [0.5, 0.6) is 11.5 Å². The number of allylic oxidation sites excluding steroid dienone is 1. The zero-order chi connectivity index (χ0) is 14.1. The van der Waals surface area contributed by atoms with Gasteiger partial charge in [0.05, 0.1) is 5.69 Å². The Bertz CT molecular complexity index is 689. The lowest BCUT2D eigenvalue weighted by atomic mass is 9.88. The molecule has 0 radical (unpaired) electrons. The maximum absolute atomic E-state index is 9.57. The molecule has 1 heterocycles. The monoisotopic (exact) mass is 267 g/mol. The molecule has 0 amide bonds. The summed E-state index contributed by atoms with van der Waals surface area (Å²) in [5.41, 5.74) is 5.76. The third-order valence-corrected chi connectivity index (χ3v) is 3.81. The lowest BCUT2D eigenvalue weighted by Crippen LogP contribution is -2.06. The molecule has 0 aliphatic heterocycles. The Morgan fingerprint density at radius 2 is 1.95 bits per heavy atom. The van der Waals surface area contributed by atoms with Crippen LogP contribution in [0.1, 0.15) is 35.2 Å². The molecule has 0 fully saturated rings. The van der Waals surface area contributed by atoms with Crippen LogP contribution in [0.15, 0.2) is 30.5 Å². The number of hydrogen-bond donors (Lipinski definition) is 2. The van der Waals surface area contributed by atoms with Gasteiger partial charge in [-0.2, -0.15) is 0 Å². The van der Waals surface area contributed by atoms with Crippen molar-refractivity contribution in [3.05, 3.63) is 52.8 Å². The van der Waals surface area contributed by atoms with Crippen LogP contribution in [0.4, 0.5) is 0 Å². The van der Waals surface area contributed by atoms with Gasteiger partial charge in [0.1, 0.15) is 0 Å². The zero-order valence-corrected chi connectivity index (χ0v) is 11.4. The third kappa shape index (κ3) is 2.27. The highest BCUT2D eigenvalue weighted by Crippen LogP contribution is 2.33. The van der Waals surface area contributed by atoms with E-state index in [1.54, 1.807) is 12.1 Å². The Kier molecular flexibility index (Phi) is 3.18. The summed E-state index contributed by atoms with van der Waals surface area (Å²) in [6, 6.07) is 6.93. The van der Waals surface area contributed by atoms with Gasteiger partial charge in [0.15, 0.2) is 11.5 Å². The molecule has 20 heavy (non-hydrogen) atoms. The number of hydrogen-bond acceptors (Lipinski definition) is 3. The lowest BCUT2D eigenvalue weighted by Gasteiger charge is -2.19. The van der Waals surface area contributed by atoms with Gasteiger partial charge >= 0.3 is 0 Å². The smallest absolute Gasteiger partial charge is 0.157 e. The topological polar surface area (TPSA) is 53.4 Å². The average Bonchev–Trinajstić information content (AvgIpc) is 2.44. The quantitative estimate of drug-likeness (QED) is 0.775. The van der Waals surface area contributed by atoms with Gasteiger partial charge in [0.2, 0.25) is 0 Å². The van der Waals surface area contributed by atoms with Gasteiger partial charge in [-0.15, -0.1) is 0 Å². The minimum atomic E-state index is -0.0924. The molecule has 0 saturated carbocycles. The second-order valence-electron chi connectivity index (χ2n) is 5.23. The van der Waals surface area contributed by atoms with Crippen LogP contribution in [0.3, 0.4) is 0 Å². The molecule has 0 saturated heterocycles. The Morgan fingerprint density at radius 3 is 2.75 bits per heavy atom. The first-order chi connectivity index (χ1) is 9.65. The van der Waals surface area contributed by atoms with E-state index in [2.05, 4.69) is 11.9 Å². The Morgan fingerprint density at radius 1 is 1.10 bits per heavy atom. The first-order valence-electron chi connectivity index (χ1n) is 6.82. The molecule has 3 nitrogen and oxygen atoms in total. The number of aromatic hydroxyl groups is 2. The third-order valence-electron chi connectivity index (χ3n) is 3.81. The van der Waals surface area contributed by atoms with Crippen LogP contribution in [-0.4, -0.2) is 15.2 Å². The van der Waals surface area contributed by atoms with Crippen LogP contribution >= 0.6 is 0 Å². The van der Waals surface area contributed by atoms with E-state index >= 15 is 0 Å². The molecule has 0 spiro atoms. The fourth-order valence-electron chi connectivity index (χ4n) is 2.73. The van der Waals surface area contributed by atoms with E-state index in [-0.39, 0.29) is 11.5 Å². The summed E-state index contributed by atoms with van der Waals surface area (Å²) in [6.45, 7) is 2.12. The van der Waals surface area contributed by atoms with Crippen molar-refractivity contribution < 1.29 is 10.2 Å². The molecule has 0 unspecified atom stereocenters. The number of fused-ring (bicyclic) bond motifs is 1. The van der Waals surface area contributed by atoms with Gasteiger partial charge in [-0.05, 0) is 72.7 Å². The molecule has 0 bridgehead atoms. The van der Waals surface area contributed by atoms with E-state index in [1.807, 2.05) is 18.3 Å². The van der Waals surface area contributed by atoms with Crippen molar-refractivity contribution in [2.24, 2.45) is 0 Å². The number of rotatable bonds is 1. The van der Waals surface area contributed by atoms with Gasteiger partial charge in [0.25, 0.3) is 0 Å². The number of benzene rings is 1. The van der Waals surface area contributed by atoms with Crippen molar-refractivity contribution in [2.75, 3.05) is 0 Å². The van der Waals surface area contributed by atoms with Crippen molar-refractivity contribution in [1.82, 2.24) is 4.98 Å². The van der Waals surface area contributed by atoms with Crippen LogP contribution in [0, 0.1) is 6.92 Å². The number of aromatic nitrogens is 1. The molecular weight excluding hydrogens is 250 g/mol. The van der Waals surface area contributed by atoms with Crippen LogP contribution in [-0.2, 0) is 6.42 Å². The van der Waals surface area contributed by atoms with Crippen LogP contribution < -0.4 is 0 Å². The normalized spacial score (nSPS) is 16.1.